The zero-order chi connectivity index (χ0) is 13.0. The van der Waals surface area contributed by atoms with Crippen molar-refractivity contribution in [2.24, 2.45) is 0 Å². The van der Waals surface area contributed by atoms with Crippen LogP contribution in [-0.4, -0.2) is 58.1 Å². The van der Waals surface area contributed by atoms with Crippen molar-refractivity contribution in [2.45, 2.75) is 13.0 Å². The van der Waals surface area contributed by atoms with E-state index in [1.54, 1.807) is 11.0 Å². The molecule has 0 N–H and O–H groups in total. The number of carbonyl (C=O) groups excluding carboxylic acids is 1. The predicted molar refractivity (Wildman–Crippen MR) is 64.6 cm³/mol. The quantitative estimate of drug-likeness (QED) is 0.741. The summed E-state index contributed by atoms with van der Waals surface area (Å²) in [6.07, 6.45) is 2.99. The molecule has 1 aliphatic rings. The highest BCUT2D eigenvalue weighted by atomic mass is 16.2. The standard InChI is InChI=1S/C12H15N5O/c1-10(8-13)16-4-6-17(7-5-16)12(18)11-2-3-14-15-9-11/h2-3,9-10H,4-7H2,1H3. The summed E-state index contributed by atoms with van der Waals surface area (Å²) >= 11 is 0. The second-order valence-corrected chi connectivity index (χ2v) is 4.26. The second-order valence-electron chi connectivity index (χ2n) is 4.26. The molecule has 0 bridgehead atoms. The Morgan fingerprint density at radius 2 is 2.11 bits per heavy atom. The number of piperazine rings is 1. The van der Waals surface area contributed by atoms with E-state index in [0.29, 0.717) is 18.7 Å². The fourth-order valence-corrected chi connectivity index (χ4v) is 1.99. The summed E-state index contributed by atoms with van der Waals surface area (Å²) in [5.41, 5.74) is 0.562. The van der Waals surface area contributed by atoms with Crippen LogP contribution in [0.15, 0.2) is 18.5 Å². The third-order valence-corrected chi connectivity index (χ3v) is 3.17. The van der Waals surface area contributed by atoms with Crippen LogP contribution in [0.3, 0.4) is 0 Å². The number of aromatic nitrogens is 2. The van der Waals surface area contributed by atoms with Gasteiger partial charge in [-0.05, 0) is 13.0 Å². The van der Waals surface area contributed by atoms with Crippen LogP contribution < -0.4 is 0 Å². The van der Waals surface area contributed by atoms with E-state index >= 15 is 0 Å². The number of amides is 1. The molecule has 2 rings (SSSR count). The van der Waals surface area contributed by atoms with Crippen LogP contribution >= 0.6 is 0 Å². The maximum atomic E-state index is 12.1. The Morgan fingerprint density at radius 1 is 1.39 bits per heavy atom. The highest BCUT2D eigenvalue weighted by Crippen LogP contribution is 2.09. The lowest BCUT2D eigenvalue weighted by Crippen LogP contribution is -2.51. The minimum absolute atomic E-state index is 0.0193. The normalized spacial score (nSPS) is 18.1. The van der Waals surface area contributed by atoms with Crippen LogP contribution in [-0.2, 0) is 0 Å². The van der Waals surface area contributed by atoms with Crippen molar-refractivity contribution in [3.63, 3.8) is 0 Å². The SMILES string of the molecule is CC(C#N)N1CCN(C(=O)c2ccnnc2)CC1. The van der Waals surface area contributed by atoms with E-state index in [1.807, 2.05) is 6.92 Å². The van der Waals surface area contributed by atoms with Gasteiger partial charge >= 0.3 is 0 Å². The number of hydrogen-bond donors (Lipinski definition) is 0. The van der Waals surface area contributed by atoms with Gasteiger partial charge in [0.05, 0.1) is 30.1 Å². The number of carbonyl (C=O) groups is 1. The van der Waals surface area contributed by atoms with Crippen LogP contribution in [0.5, 0.6) is 0 Å². The van der Waals surface area contributed by atoms with Crippen LogP contribution in [0.4, 0.5) is 0 Å². The molecule has 6 heteroatoms. The molecule has 2 heterocycles. The van der Waals surface area contributed by atoms with Crippen molar-refractivity contribution < 1.29 is 4.79 Å². The third kappa shape index (κ3) is 2.63. The minimum atomic E-state index is -0.0927. The zero-order valence-corrected chi connectivity index (χ0v) is 10.3. The number of rotatable bonds is 2. The number of nitrogens with zero attached hydrogens (tertiary/aromatic N) is 5. The Bertz CT molecular complexity index is 447. The van der Waals surface area contributed by atoms with Gasteiger partial charge in [0.15, 0.2) is 0 Å². The van der Waals surface area contributed by atoms with Gasteiger partial charge in [-0.2, -0.15) is 15.5 Å². The molecule has 1 saturated heterocycles. The summed E-state index contributed by atoms with van der Waals surface area (Å²) in [4.78, 5) is 16.0. The third-order valence-electron chi connectivity index (χ3n) is 3.17. The molecule has 1 atom stereocenters. The summed E-state index contributed by atoms with van der Waals surface area (Å²) in [6, 6.07) is 3.79. The molecule has 0 radical (unpaired) electrons. The lowest BCUT2D eigenvalue weighted by Gasteiger charge is -2.35. The lowest BCUT2D eigenvalue weighted by atomic mass is 10.2. The fraction of sp³-hybridized carbons (Fsp3) is 0.500. The van der Waals surface area contributed by atoms with E-state index in [9.17, 15) is 4.79 Å². The molecular weight excluding hydrogens is 230 g/mol. The highest BCUT2D eigenvalue weighted by Gasteiger charge is 2.24. The van der Waals surface area contributed by atoms with Gasteiger partial charge in [-0.1, -0.05) is 0 Å². The summed E-state index contributed by atoms with van der Waals surface area (Å²) in [5.74, 6) is -0.0193. The Hall–Kier alpha value is -2.00. The summed E-state index contributed by atoms with van der Waals surface area (Å²) < 4.78 is 0. The Labute approximate surface area is 106 Å². The van der Waals surface area contributed by atoms with Gasteiger partial charge in [0, 0.05) is 26.2 Å². The van der Waals surface area contributed by atoms with Crippen LogP contribution in [0.1, 0.15) is 17.3 Å². The topological polar surface area (TPSA) is 73.1 Å². The highest BCUT2D eigenvalue weighted by molar-refractivity contribution is 5.93. The van der Waals surface area contributed by atoms with Gasteiger partial charge in [-0.3, -0.25) is 9.69 Å². The van der Waals surface area contributed by atoms with Gasteiger partial charge in [-0.25, -0.2) is 0 Å². The fourth-order valence-electron chi connectivity index (χ4n) is 1.99. The second kappa shape index (κ2) is 5.56. The average Bonchev–Trinajstić information content (AvgIpc) is 2.47. The first-order chi connectivity index (χ1) is 8.72. The van der Waals surface area contributed by atoms with Crippen LogP contribution in [0.2, 0.25) is 0 Å². The molecule has 1 aromatic heterocycles. The lowest BCUT2D eigenvalue weighted by molar-refractivity contribution is 0.0615. The van der Waals surface area contributed by atoms with Crippen LogP contribution in [0, 0.1) is 11.3 Å². The van der Waals surface area contributed by atoms with E-state index in [0.717, 1.165) is 13.1 Å². The molecule has 94 valence electrons. The molecule has 1 fully saturated rings. The maximum Gasteiger partial charge on any atom is 0.255 e. The summed E-state index contributed by atoms with van der Waals surface area (Å²) in [7, 11) is 0. The Balaban J connectivity index is 1.95. The number of nitriles is 1. The van der Waals surface area contributed by atoms with Crippen molar-refractivity contribution in [1.29, 1.82) is 5.26 Å². The molecule has 1 amide bonds. The van der Waals surface area contributed by atoms with Gasteiger partial charge in [-0.15, -0.1) is 0 Å². The molecule has 1 aromatic rings. The Morgan fingerprint density at radius 3 is 2.67 bits per heavy atom. The van der Waals surface area contributed by atoms with E-state index in [4.69, 9.17) is 5.26 Å². The van der Waals surface area contributed by atoms with Crippen molar-refractivity contribution in [3.05, 3.63) is 24.0 Å². The van der Waals surface area contributed by atoms with E-state index in [-0.39, 0.29) is 11.9 Å². The smallest absolute Gasteiger partial charge is 0.255 e. The molecule has 0 saturated carbocycles. The maximum absolute atomic E-state index is 12.1. The molecule has 1 aliphatic heterocycles. The van der Waals surface area contributed by atoms with Gasteiger partial charge < -0.3 is 4.90 Å². The zero-order valence-electron chi connectivity index (χ0n) is 10.3. The first-order valence-corrected chi connectivity index (χ1v) is 5.92. The molecular formula is C12H15N5O. The minimum Gasteiger partial charge on any atom is -0.336 e. The van der Waals surface area contributed by atoms with Crippen molar-refractivity contribution >= 4 is 5.91 Å². The molecule has 0 spiro atoms. The average molecular weight is 245 g/mol. The molecule has 6 nitrogen and oxygen atoms in total. The summed E-state index contributed by atoms with van der Waals surface area (Å²) in [6.45, 7) is 4.64. The van der Waals surface area contributed by atoms with Crippen molar-refractivity contribution in [1.82, 2.24) is 20.0 Å². The molecule has 1 unspecified atom stereocenters. The van der Waals surface area contributed by atoms with E-state index in [2.05, 4.69) is 21.2 Å². The molecule has 0 aromatic carbocycles. The van der Waals surface area contributed by atoms with E-state index < -0.39 is 0 Å². The monoisotopic (exact) mass is 245 g/mol. The van der Waals surface area contributed by atoms with Gasteiger partial charge in [0.2, 0.25) is 0 Å². The number of hydrogen-bond acceptors (Lipinski definition) is 5. The Kier molecular flexibility index (Phi) is 3.85. The predicted octanol–water partition coefficient (Wildman–Crippen LogP) is 0.146. The molecule has 0 aliphatic carbocycles. The van der Waals surface area contributed by atoms with Crippen LogP contribution in [0.25, 0.3) is 0 Å². The first-order valence-electron chi connectivity index (χ1n) is 5.92. The van der Waals surface area contributed by atoms with Gasteiger partial charge in [0.25, 0.3) is 5.91 Å². The van der Waals surface area contributed by atoms with Crippen molar-refractivity contribution in [3.8, 4) is 6.07 Å². The van der Waals surface area contributed by atoms with Crippen molar-refractivity contribution in [2.75, 3.05) is 26.2 Å². The first kappa shape index (κ1) is 12.5. The largest absolute Gasteiger partial charge is 0.336 e. The van der Waals surface area contributed by atoms with E-state index in [1.165, 1.54) is 12.4 Å². The molecule has 18 heavy (non-hydrogen) atoms. The van der Waals surface area contributed by atoms with Gasteiger partial charge in [0.1, 0.15) is 0 Å². The summed E-state index contributed by atoms with van der Waals surface area (Å²) in [5, 5.41) is 16.2.